The lowest BCUT2D eigenvalue weighted by atomic mass is 9.80. The lowest BCUT2D eigenvalue weighted by molar-refractivity contribution is -0.120. The maximum Gasteiger partial charge on any atom is 0.132 e. The van der Waals surface area contributed by atoms with Crippen LogP contribution < -0.4 is 0 Å². The van der Waals surface area contributed by atoms with Gasteiger partial charge in [-0.25, -0.2) is 0 Å². The predicted octanol–water partition coefficient (Wildman–Crippen LogP) is 4.20. The number of hydrogen-bond acceptors (Lipinski definition) is 1. The van der Waals surface area contributed by atoms with Gasteiger partial charge in [-0.2, -0.15) is 0 Å². The van der Waals surface area contributed by atoms with Crippen molar-refractivity contribution in [3.63, 3.8) is 0 Å². The number of rotatable bonds is 3. The second-order valence-corrected chi connectivity index (χ2v) is 4.57. The number of carbonyl (C=O) groups excluding carboxylic acids is 1. The largest absolute Gasteiger partial charge is 0.300 e. The Bertz CT molecular complexity index is 447. The summed E-state index contributed by atoms with van der Waals surface area (Å²) < 4.78 is 0. The van der Waals surface area contributed by atoms with Crippen molar-refractivity contribution in [1.82, 2.24) is 0 Å². The van der Waals surface area contributed by atoms with Crippen LogP contribution >= 0.6 is 0 Å². The summed E-state index contributed by atoms with van der Waals surface area (Å²) in [6, 6.07) is 6.28. The smallest absolute Gasteiger partial charge is 0.132 e. The van der Waals surface area contributed by atoms with E-state index in [4.69, 9.17) is 0 Å². The highest BCUT2D eigenvalue weighted by atomic mass is 16.1. The predicted molar refractivity (Wildman–Crippen MR) is 72.8 cm³/mol. The second kappa shape index (κ2) is 5.13. The highest BCUT2D eigenvalue weighted by Crippen LogP contribution is 2.34. The van der Waals surface area contributed by atoms with Crippen molar-refractivity contribution in [2.45, 2.75) is 31.6 Å². The van der Waals surface area contributed by atoms with E-state index in [0.29, 0.717) is 11.7 Å². The molecule has 0 heterocycles. The molecule has 17 heavy (non-hydrogen) atoms. The highest BCUT2D eigenvalue weighted by molar-refractivity contribution is 5.79. The van der Waals surface area contributed by atoms with Crippen LogP contribution in [-0.4, -0.2) is 5.78 Å². The van der Waals surface area contributed by atoms with Crippen LogP contribution in [0.4, 0.5) is 0 Å². The summed E-state index contributed by atoms with van der Waals surface area (Å²) in [6.45, 7) is 7.73. The summed E-state index contributed by atoms with van der Waals surface area (Å²) in [5, 5.41) is 0. The molecule has 1 aromatic carbocycles. The Morgan fingerprint density at radius 2 is 1.82 bits per heavy atom. The molecule has 0 saturated heterocycles. The van der Waals surface area contributed by atoms with Crippen LogP contribution in [0.2, 0.25) is 0 Å². The number of ketones is 1. The molecule has 1 saturated carbocycles. The number of hydrogen-bond donors (Lipinski definition) is 0. The van der Waals surface area contributed by atoms with E-state index in [0.717, 1.165) is 31.2 Å². The molecule has 1 nitrogen and oxygen atoms in total. The molecule has 1 aliphatic rings. The molecule has 1 aliphatic carbocycles. The van der Waals surface area contributed by atoms with Crippen LogP contribution in [-0.2, 0) is 4.79 Å². The van der Waals surface area contributed by atoms with Gasteiger partial charge in [0.2, 0.25) is 0 Å². The Morgan fingerprint density at radius 3 is 2.41 bits per heavy atom. The van der Waals surface area contributed by atoms with Gasteiger partial charge in [0.25, 0.3) is 0 Å². The van der Waals surface area contributed by atoms with Gasteiger partial charge >= 0.3 is 0 Å². The first-order chi connectivity index (χ1) is 8.26. The maximum absolute atomic E-state index is 11.3. The SMILES string of the molecule is C=Cc1cccc(C2CCC(=O)CC2)c1C=C. The Morgan fingerprint density at radius 1 is 1.12 bits per heavy atom. The molecule has 0 atom stereocenters. The molecular formula is C16H18O. The molecule has 0 bridgehead atoms. The van der Waals surface area contributed by atoms with Crippen LogP contribution in [0.3, 0.4) is 0 Å². The Hall–Kier alpha value is -1.63. The molecule has 0 aromatic heterocycles. The van der Waals surface area contributed by atoms with E-state index in [1.54, 1.807) is 0 Å². The van der Waals surface area contributed by atoms with Crippen molar-refractivity contribution in [2.75, 3.05) is 0 Å². The standard InChI is InChI=1S/C16H18O/c1-3-12-6-5-7-16(15(12)4-2)13-8-10-14(17)11-9-13/h3-7,13H,1-2,8-11H2. The van der Waals surface area contributed by atoms with Crippen molar-refractivity contribution >= 4 is 17.9 Å². The van der Waals surface area contributed by atoms with E-state index < -0.39 is 0 Å². The number of carbonyl (C=O) groups is 1. The average Bonchev–Trinajstić information content (AvgIpc) is 2.38. The highest BCUT2D eigenvalue weighted by Gasteiger charge is 2.22. The lowest BCUT2D eigenvalue weighted by Crippen LogP contribution is -2.13. The zero-order valence-corrected chi connectivity index (χ0v) is 10.1. The Labute approximate surface area is 103 Å². The number of Topliss-reactive ketones (excluding diaryl/α,β-unsaturated/α-hetero) is 1. The normalized spacial score (nSPS) is 16.8. The van der Waals surface area contributed by atoms with E-state index in [2.05, 4.69) is 31.4 Å². The topological polar surface area (TPSA) is 17.1 Å². The molecule has 88 valence electrons. The summed E-state index contributed by atoms with van der Waals surface area (Å²) in [5.74, 6) is 0.905. The molecule has 1 heteroatoms. The molecule has 0 unspecified atom stereocenters. The van der Waals surface area contributed by atoms with Crippen LogP contribution in [0.5, 0.6) is 0 Å². The molecule has 0 radical (unpaired) electrons. The third-order valence-corrected chi connectivity index (χ3v) is 3.58. The molecule has 0 spiro atoms. The van der Waals surface area contributed by atoms with Crippen LogP contribution in [0.25, 0.3) is 12.2 Å². The monoisotopic (exact) mass is 226 g/mol. The van der Waals surface area contributed by atoms with E-state index in [1.165, 1.54) is 11.1 Å². The summed E-state index contributed by atoms with van der Waals surface area (Å²) in [4.78, 5) is 11.3. The molecule has 1 aromatic rings. The van der Waals surface area contributed by atoms with Gasteiger partial charge in [0.05, 0.1) is 0 Å². The van der Waals surface area contributed by atoms with Gasteiger partial charge < -0.3 is 0 Å². The molecule has 0 amide bonds. The summed E-state index contributed by atoms with van der Waals surface area (Å²) in [7, 11) is 0. The number of benzene rings is 1. The zero-order valence-electron chi connectivity index (χ0n) is 10.1. The average molecular weight is 226 g/mol. The van der Waals surface area contributed by atoms with Crippen molar-refractivity contribution in [3.8, 4) is 0 Å². The van der Waals surface area contributed by atoms with Crippen molar-refractivity contribution in [3.05, 3.63) is 48.0 Å². The molecular weight excluding hydrogens is 208 g/mol. The Balaban J connectivity index is 2.34. The third kappa shape index (κ3) is 2.38. The summed E-state index contributed by atoms with van der Waals surface area (Å²) in [6.07, 6.45) is 7.16. The fourth-order valence-electron chi connectivity index (χ4n) is 2.62. The van der Waals surface area contributed by atoms with Gasteiger partial charge in [0.1, 0.15) is 5.78 Å². The minimum absolute atomic E-state index is 0.404. The maximum atomic E-state index is 11.3. The van der Waals surface area contributed by atoms with Gasteiger partial charge in [-0.05, 0) is 35.4 Å². The van der Waals surface area contributed by atoms with Gasteiger partial charge in [0.15, 0.2) is 0 Å². The van der Waals surface area contributed by atoms with E-state index in [9.17, 15) is 4.79 Å². The van der Waals surface area contributed by atoms with Gasteiger partial charge in [-0.1, -0.05) is 43.5 Å². The minimum atomic E-state index is 0.404. The quantitative estimate of drug-likeness (QED) is 0.755. The van der Waals surface area contributed by atoms with Crippen molar-refractivity contribution in [2.24, 2.45) is 0 Å². The fourth-order valence-corrected chi connectivity index (χ4v) is 2.62. The van der Waals surface area contributed by atoms with E-state index in [1.807, 2.05) is 12.2 Å². The van der Waals surface area contributed by atoms with Gasteiger partial charge in [-0.15, -0.1) is 0 Å². The summed E-state index contributed by atoms with van der Waals surface area (Å²) >= 11 is 0. The molecule has 0 N–H and O–H groups in total. The summed E-state index contributed by atoms with van der Waals surface area (Å²) in [5.41, 5.74) is 3.64. The molecule has 2 rings (SSSR count). The van der Waals surface area contributed by atoms with Gasteiger partial charge in [-0.3, -0.25) is 4.79 Å². The van der Waals surface area contributed by atoms with E-state index >= 15 is 0 Å². The van der Waals surface area contributed by atoms with Crippen LogP contribution in [0.1, 0.15) is 48.3 Å². The lowest BCUT2D eigenvalue weighted by Gasteiger charge is -2.23. The molecule has 1 fully saturated rings. The third-order valence-electron chi connectivity index (χ3n) is 3.58. The second-order valence-electron chi connectivity index (χ2n) is 4.57. The van der Waals surface area contributed by atoms with Gasteiger partial charge in [0, 0.05) is 12.8 Å². The first-order valence-electron chi connectivity index (χ1n) is 6.15. The Kier molecular flexibility index (Phi) is 3.58. The first kappa shape index (κ1) is 11.8. The van der Waals surface area contributed by atoms with Crippen LogP contribution in [0.15, 0.2) is 31.4 Å². The van der Waals surface area contributed by atoms with Crippen molar-refractivity contribution in [1.29, 1.82) is 0 Å². The van der Waals surface area contributed by atoms with Crippen LogP contribution in [0, 0.1) is 0 Å². The van der Waals surface area contributed by atoms with Crippen molar-refractivity contribution < 1.29 is 4.79 Å². The molecule has 0 aliphatic heterocycles. The van der Waals surface area contributed by atoms with E-state index in [-0.39, 0.29) is 0 Å². The fraction of sp³-hybridized carbons (Fsp3) is 0.312. The minimum Gasteiger partial charge on any atom is -0.300 e. The zero-order chi connectivity index (χ0) is 12.3. The first-order valence-corrected chi connectivity index (χ1v) is 6.15.